The van der Waals surface area contributed by atoms with E-state index >= 15 is 0 Å². The Morgan fingerprint density at radius 2 is 1.94 bits per heavy atom. The molecule has 1 aromatic carbocycles. The highest BCUT2D eigenvalue weighted by molar-refractivity contribution is 6.31. The zero-order valence-corrected chi connectivity index (χ0v) is 11.4. The van der Waals surface area contributed by atoms with Crippen molar-refractivity contribution in [1.29, 1.82) is 0 Å². The van der Waals surface area contributed by atoms with Crippen LogP contribution in [0.2, 0.25) is 5.02 Å². The molecular formula is C14H21ClN2. The van der Waals surface area contributed by atoms with Crippen LogP contribution in [0.25, 0.3) is 0 Å². The van der Waals surface area contributed by atoms with Crippen molar-refractivity contribution in [3.63, 3.8) is 0 Å². The van der Waals surface area contributed by atoms with Gasteiger partial charge in [0.15, 0.2) is 0 Å². The summed E-state index contributed by atoms with van der Waals surface area (Å²) < 4.78 is 0. The normalized spacial score (nSPS) is 17.8. The van der Waals surface area contributed by atoms with Crippen molar-refractivity contribution in [2.75, 3.05) is 23.7 Å². The maximum Gasteiger partial charge on any atom is 0.0600 e. The topological polar surface area (TPSA) is 29.3 Å². The summed E-state index contributed by atoms with van der Waals surface area (Å²) >= 11 is 5.92. The van der Waals surface area contributed by atoms with Crippen molar-refractivity contribution >= 4 is 23.0 Å². The van der Waals surface area contributed by atoms with Crippen LogP contribution in [-0.2, 0) is 0 Å². The molecule has 0 spiro atoms. The van der Waals surface area contributed by atoms with E-state index < -0.39 is 0 Å². The van der Waals surface area contributed by atoms with Crippen LogP contribution >= 0.6 is 11.6 Å². The molecule has 2 rings (SSSR count). The van der Waals surface area contributed by atoms with Gasteiger partial charge in [0.2, 0.25) is 0 Å². The molecule has 3 heteroatoms. The first-order chi connectivity index (χ1) is 8.08. The van der Waals surface area contributed by atoms with Crippen LogP contribution in [0.1, 0.15) is 26.7 Å². The number of benzene rings is 1. The molecule has 1 aromatic rings. The number of rotatable bonds is 2. The lowest BCUT2D eigenvalue weighted by Crippen LogP contribution is -2.35. The van der Waals surface area contributed by atoms with Crippen molar-refractivity contribution in [3.8, 4) is 0 Å². The summed E-state index contributed by atoms with van der Waals surface area (Å²) in [6.07, 6.45) is 2.53. The van der Waals surface area contributed by atoms with Gasteiger partial charge >= 0.3 is 0 Å². The first kappa shape index (κ1) is 12.6. The van der Waals surface area contributed by atoms with Crippen molar-refractivity contribution in [1.82, 2.24) is 0 Å². The van der Waals surface area contributed by atoms with Gasteiger partial charge in [-0.1, -0.05) is 25.4 Å². The molecule has 1 fully saturated rings. The summed E-state index contributed by atoms with van der Waals surface area (Å²) in [5.41, 5.74) is 7.95. The average Bonchev–Trinajstić information content (AvgIpc) is 2.29. The summed E-state index contributed by atoms with van der Waals surface area (Å²) in [5, 5.41) is 0.711. The van der Waals surface area contributed by atoms with Crippen LogP contribution in [0.4, 0.5) is 11.4 Å². The van der Waals surface area contributed by atoms with Gasteiger partial charge in [0.1, 0.15) is 0 Å². The lowest BCUT2D eigenvalue weighted by Gasteiger charge is -2.35. The smallest absolute Gasteiger partial charge is 0.0600 e. The first-order valence-electron chi connectivity index (χ1n) is 6.38. The van der Waals surface area contributed by atoms with Gasteiger partial charge in [0.05, 0.1) is 11.4 Å². The van der Waals surface area contributed by atoms with Gasteiger partial charge in [-0.05, 0) is 42.9 Å². The van der Waals surface area contributed by atoms with E-state index in [2.05, 4.69) is 18.7 Å². The Balaban J connectivity index is 2.05. The second-order valence-corrected chi connectivity index (χ2v) is 5.71. The van der Waals surface area contributed by atoms with E-state index in [1.165, 1.54) is 12.8 Å². The molecule has 0 saturated carbocycles. The minimum atomic E-state index is 0.711. The molecule has 1 aliphatic rings. The summed E-state index contributed by atoms with van der Waals surface area (Å²) in [4.78, 5) is 2.38. The number of anilines is 2. The molecule has 1 aliphatic heterocycles. The fourth-order valence-corrected chi connectivity index (χ4v) is 2.80. The van der Waals surface area contributed by atoms with E-state index in [1.807, 2.05) is 18.2 Å². The summed E-state index contributed by atoms with van der Waals surface area (Å²) in [7, 11) is 0. The zero-order valence-electron chi connectivity index (χ0n) is 10.6. The van der Waals surface area contributed by atoms with E-state index in [0.717, 1.165) is 36.3 Å². The van der Waals surface area contributed by atoms with Crippen LogP contribution in [0.15, 0.2) is 18.2 Å². The van der Waals surface area contributed by atoms with Gasteiger partial charge in [0.25, 0.3) is 0 Å². The van der Waals surface area contributed by atoms with Crippen molar-refractivity contribution in [2.24, 2.45) is 11.8 Å². The van der Waals surface area contributed by atoms with Crippen LogP contribution in [0, 0.1) is 11.8 Å². The van der Waals surface area contributed by atoms with E-state index in [1.54, 1.807) is 0 Å². The van der Waals surface area contributed by atoms with Crippen LogP contribution in [0.5, 0.6) is 0 Å². The third-order valence-electron chi connectivity index (χ3n) is 3.81. The predicted molar refractivity (Wildman–Crippen MR) is 75.6 cm³/mol. The first-order valence-corrected chi connectivity index (χ1v) is 6.75. The number of nitrogens with zero attached hydrogens (tertiary/aromatic N) is 1. The van der Waals surface area contributed by atoms with E-state index in [0.29, 0.717) is 5.02 Å². The lowest BCUT2D eigenvalue weighted by molar-refractivity contribution is 0.311. The maximum atomic E-state index is 6.02. The Morgan fingerprint density at radius 3 is 2.47 bits per heavy atom. The Morgan fingerprint density at radius 1 is 1.29 bits per heavy atom. The molecule has 0 aliphatic carbocycles. The van der Waals surface area contributed by atoms with Crippen molar-refractivity contribution in [2.45, 2.75) is 26.7 Å². The highest BCUT2D eigenvalue weighted by Gasteiger charge is 2.22. The molecule has 0 aromatic heterocycles. The Kier molecular flexibility index (Phi) is 3.82. The van der Waals surface area contributed by atoms with Gasteiger partial charge in [0, 0.05) is 18.1 Å². The molecule has 2 N–H and O–H groups in total. The lowest BCUT2D eigenvalue weighted by atomic mass is 9.86. The van der Waals surface area contributed by atoms with Crippen LogP contribution < -0.4 is 10.6 Å². The van der Waals surface area contributed by atoms with Crippen LogP contribution in [0.3, 0.4) is 0 Å². The molecule has 1 heterocycles. The molecule has 0 amide bonds. The van der Waals surface area contributed by atoms with Crippen molar-refractivity contribution < 1.29 is 0 Å². The maximum absolute atomic E-state index is 6.02. The molecule has 2 nitrogen and oxygen atoms in total. The average molecular weight is 253 g/mol. The number of halogens is 1. The molecule has 0 radical (unpaired) electrons. The SMILES string of the molecule is CC(C)C1CCN(c2ccc(Cl)cc2N)CC1. The third kappa shape index (κ3) is 2.86. The molecular weight excluding hydrogens is 232 g/mol. The van der Waals surface area contributed by atoms with Gasteiger partial charge in [-0.15, -0.1) is 0 Å². The third-order valence-corrected chi connectivity index (χ3v) is 4.05. The molecule has 0 atom stereocenters. The summed E-state index contributed by atoms with van der Waals surface area (Å²) in [6.45, 7) is 6.84. The fourth-order valence-electron chi connectivity index (χ4n) is 2.62. The Bertz CT molecular complexity index is 382. The Labute approximate surface area is 109 Å². The molecule has 0 unspecified atom stereocenters. The molecule has 0 bridgehead atoms. The van der Waals surface area contributed by atoms with E-state index in [-0.39, 0.29) is 0 Å². The Hall–Kier alpha value is -0.890. The number of piperidine rings is 1. The highest BCUT2D eigenvalue weighted by atomic mass is 35.5. The quantitative estimate of drug-likeness (QED) is 0.812. The standard InChI is InChI=1S/C14H21ClN2/c1-10(2)11-5-7-17(8-6-11)14-4-3-12(15)9-13(14)16/h3-4,9-11H,5-8,16H2,1-2H3. The molecule has 17 heavy (non-hydrogen) atoms. The van der Waals surface area contributed by atoms with Gasteiger partial charge in [-0.2, -0.15) is 0 Å². The van der Waals surface area contributed by atoms with Crippen molar-refractivity contribution in [3.05, 3.63) is 23.2 Å². The second kappa shape index (κ2) is 5.18. The fraction of sp³-hybridized carbons (Fsp3) is 0.571. The number of nitrogen functional groups attached to an aromatic ring is 1. The number of hydrogen-bond acceptors (Lipinski definition) is 2. The van der Waals surface area contributed by atoms with Gasteiger partial charge in [-0.3, -0.25) is 0 Å². The minimum absolute atomic E-state index is 0.711. The van der Waals surface area contributed by atoms with Gasteiger partial charge < -0.3 is 10.6 Å². The van der Waals surface area contributed by atoms with E-state index in [9.17, 15) is 0 Å². The largest absolute Gasteiger partial charge is 0.397 e. The predicted octanol–water partition coefficient (Wildman–Crippen LogP) is 3.79. The minimum Gasteiger partial charge on any atom is -0.397 e. The highest BCUT2D eigenvalue weighted by Crippen LogP contribution is 2.32. The second-order valence-electron chi connectivity index (χ2n) is 5.27. The number of hydrogen-bond donors (Lipinski definition) is 1. The summed E-state index contributed by atoms with van der Waals surface area (Å²) in [6, 6.07) is 5.79. The molecule has 94 valence electrons. The summed E-state index contributed by atoms with van der Waals surface area (Å²) in [5.74, 6) is 1.65. The monoisotopic (exact) mass is 252 g/mol. The van der Waals surface area contributed by atoms with Crippen LogP contribution in [-0.4, -0.2) is 13.1 Å². The van der Waals surface area contributed by atoms with Gasteiger partial charge in [-0.25, -0.2) is 0 Å². The van der Waals surface area contributed by atoms with E-state index in [4.69, 9.17) is 17.3 Å². The zero-order chi connectivity index (χ0) is 12.4. The molecule has 1 saturated heterocycles. The number of nitrogens with two attached hydrogens (primary N) is 1.